The molecule has 0 unspecified atom stereocenters. The highest BCUT2D eigenvalue weighted by Gasteiger charge is 2.37. The second kappa shape index (κ2) is 8.72. The number of carbonyl (C=O) groups excluding carboxylic acids is 1. The lowest BCUT2D eigenvalue weighted by Crippen LogP contribution is -2.52. The molecule has 2 saturated heterocycles. The van der Waals surface area contributed by atoms with Crippen LogP contribution in [0, 0.1) is 10.1 Å². The fourth-order valence-electron chi connectivity index (χ4n) is 3.42. The predicted molar refractivity (Wildman–Crippen MR) is 99.2 cm³/mol. The Morgan fingerprint density at radius 3 is 2.31 bits per heavy atom. The number of ether oxygens (including phenoxy) is 1. The van der Waals surface area contributed by atoms with Gasteiger partial charge in [0.15, 0.2) is 0 Å². The van der Waals surface area contributed by atoms with Gasteiger partial charge >= 0.3 is 6.18 Å². The van der Waals surface area contributed by atoms with E-state index in [1.807, 2.05) is 4.90 Å². The van der Waals surface area contributed by atoms with E-state index >= 15 is 0 Å². The molecule has 29 heavy (non-hydrogen) atoms. The Hall–Kier alpha value is -2.11. The van der Waals surface area contributed by atoms with E-state index in [1.54, 1.807) is 9.80 Å². The molecule has 3 rings (SSSR count). The maximum Gasteiger partial charge on any atom is 0.418 e. The summed E-state index contributed by atoms with van der Waals surface area (Å²) >= 11 is 5.75. The van der Waals surface area contributed by atoms with Crippen molar-refractivity contribution in [1.82, 2.24) is 9.80 Å². The molecule has 12 heteroatoms. The second-order valence-corrected chi connectivity index (χ2v) is 7.24. The number of anilines is 1. The minimum absolute atomic E-state index is 0.0216. The standard InChI is InChI=1S/C17H20ClF3N4O4/c18-13-10-14(15(25(27)28)9-12(13)17(19,20)21)23-1-3-24(4-2-23)16(26)11-22-5-7-29-8-6-22/h9-10H,1-8,11H2. The number of hydrogen-bond donors (Lipinski definition) is 0. The number of piperazine rings is 1. The first-order valence-corrected chi connectivity index (χ1v) is 9.42. The van der Waals surface area contributed by atoms with Crippen molar-refractivity contribution < 1.29 is 27.6 Å². The largest absolute Gasteiger partial charge is 0.418 e. The molecule has 0 aliphatic carbocycles. The lowest BCUT2D eigenvalue weighted by atomic mass is 10.1. The molecule has 160 valence electrons. The van der Waals surface area contributed by atoms with Crippen LogP contribution in [0.25, 0.3) is 0 Å². The molecule has 0 N–H and O–H groups in total. The highest BCUT2D eigenvalue weighted by atomic mass is 35.5. The number of benzene rings is 1. The summed E-state index contributed by atoms with van der Waals surface area (Å²) in [6, 6.07) is 1.45. The molecule has 0 radical (unpaired) electrons. The van der Waals surface area contributed by atoms with E-state index in [4.69, 9.17) is 16.3 Å². The fourth-order valence-corrected chi connectivity index (χ4v) is 3.68. The number of carbonyl (C=O) groups is 1. The zero-order valence-corrected chi connectivity index (χ0v) is 16.2. The van der Waals surface area contributed by atoms with Crippen molar-refractivity contribution in [2.45, 2.75) is 6.18 Å². The summed E-state index contributed by atoms with van der Waals surface area (Å²) in [4.78, 5) is 28.2. The average molecular weight is 437 g/mol. The third-order valence-electron chi connectivity index (χ3n) is 5.00. The van der Waals surface area contributed by atoms with Crippen LogP contribution in [-0.2, 0) is 15.7 Å². The Kier molecular flexibility index (Phi) is 6.49. The van der Waals surface area contributed by atoms with Crippen LogP contribution in [0.1, 0.15) is 5.56 Å². The van der Waals surface area contributed by atoms with Gasteiger partial charge in [0.2, 0.25) is 5.91 Å². The smallest absolute Gasteiger partial charge is 0.379 e. The normalized spacial score (nSPS) is 18.8. The predicted octanol–water partition coefficient (Wildman–Crippen LogP) is 2.25. The van der Waals surface area contributed by atoms with Crippen molar-refractivity contribution in [2.24, 2.45) is 0 Å². The highest BCUT2D eigenvalue weighted by molar-refractivity contribution is 6.31. The van der Waals surface area contributed by atoms with E-state index in [-0.39, 0.29) is 31.2 Å². The van der Waals surface area contributed by atoms with Crippen LogP contribution >= 0.6 is 11.6 Å². The number of rotatable bonds is 4. The molecule has 2 heterocycles. The van der Waals surface area contributed by atoms with Gasteiger partial charge in [-0.25, -0.2) is 0 Å². The van der Waals surface area contributed by atoms with Gasteiger partial charge in [-0.2, -0.15) is 13.2 Å². The third kappa shape index (κ3) is 5.09. The second-order valence-electron chi connectivity index (χ2n) is 6.83. The molecule has 1 amide bonds. The molecule has 8 nitrogen and oxygen atoms in total. The number of morpholine rings is 1. The molecule has 0 bridgehead atoms. The first kappa shape index (κ1) is 21.6. The molecular formula is C17H20ClF3N4O4. The van der Waals surface area contributed by atoms with Crippen LogP contribution in [0.5, 0.6) is 0 Å². The monoisotopic (exact) mass is 436 g/mol. The Labute approximate surface area is 169 Å². The first-order valence-electron chi connectivity index (χ1n) is 9.05. The average Bonchev–Trinajstić information content (AvgIpc) is 2.67. The minimum Gasteiger partial charge on any atom is -0.379 e. The summed E-state index contributed by atoms with van der Waals surface area (Å²) in [5, 5.41) is 10.7. The van der Waals surface area contributed by atoms with Gasteiger partial charge in [-0.3, -0.25) is 19.8 Å². The van der Waals surface area contributed by atoms with E-state index in [9.17, 15) is 28.1 Å². The first-order chi connectivity index (χ1) is 13.7. The van der Waals surface area contributed by atoms with Crippen molar-refractivity contribution in [2.75, 3.05) is 63.9 Å². The lowest BCUT2D eigenvalue weighted by Gasteiger charge is -2.37. The third-order valence-corrected chi connectivity index (χ3v) is 5.31. The van der Waals surface area contributed by atoms with E-state index < -0.39 is 27.4 Å². The number of nitrogens with zero attached hydrogens (tertiary/aromatic N) is 4. The molecule has 0 aromatic heterocycles. The van der Waals surface area contributed by atoms with Gasteiger partial charge in [0.1, 0.15) is 5.69 Å². The number of hydrogen-bond acceptors (Lipinski definition) is 6. The quantitative estimate of drug-likeness (QED) is 0.532. The van der Waals surface area contributed by atoms with Crippen LogP contribution in [0.15, 0.2) is 12.1 Å². The van der Waals surface area contributed by atoms with Crippen LogP contribution in [0.2, 0.25) is 5.02 Å². The number of halogens is 4. The summed E-state index contributed by atoms with van der Waals surface area (Å²) in [5.41, 5.74) is -1.88. The highest BCUT2D eigenvalue weighted by Crippen LogP contribution is 2.41. The zero-order valence-electron chi connectivity index (χ0n) is 15.5. The molecule has 0 saturated carbocycles. The maximum atomic E-state index is 13.0. The fraction of sp³-hybridized carbons (Fsp3) is 0.588. The summed E-state index contributed by atoms with van der Waals surface area (Å²) in [7, 11) is 0. The van der Waals surface area contributed by atoms with E-state index in [2.05, 4.69) is 0 Å². The summed E-state index contributed by atoms with van der Waals surface area (Å²) in [5.74, 6) is -0.0495. The van der Waals surface area contributed by atoms with Gasteiger partial charge in [-0.1, -0.05) is 11.6 Å². The topological polar surface area (TPSA) is 79.2 Å². The van der Waals surface area contributed by atoms with E-state index in [1.165, 1.54) is 0 Å². The number of nitro benzene ring substituents is 1. The van der Waals surface area contributed by atoms with Crippen LogP contribution in [0.4, 0.5) is 24.5 Å². The minimum atomic E-state index is -4.79. The molecule has 2 aliphatic rings. The van der Waals surface area contributed by atoms with Crippen LogP contribution < -0.4 is 4.90 Å². The van der Waals surface area contributed by atoms with Crippen LogP contribution in [0.3, 0.4) is 0 Å². The summed E-state index contributed by atoms with van der Waals surface area (Å²) < 4.78 is 44.3. The maximum absolute atomic E-state index is 13.0. The van der Waals surface area contributed by atoms with Crippen LogP contribution in [-0.4, -0.2) is 79.7 Å². The van der Waals surface area contributed by atoms with Crippen molar-refractivity contribution in [3.63, 3.8) is 0 Å². The van der Waals surface area contributed by atoms with E-state index in [0.29, 0.717) is 45.5 Å². The van der Waals surface area contributed by atoms with Gasteiger partial charge in [0, 0.05) is 45.3 Å². The number of alkyl halides is 3. The molecule has 2 aliphatic heterocycles. The van der Waals surface area contributed by atoms with E-state index in [0.717, 1.165) is 6.07 Å². The Morgan fingerprint density at radius 1 is 1.14 bits per heavy atom. The van der Waals surface area contributed by atoms with Gasteiger partial charge < -0.3 is 14.5 Å². The summed E-state index contributed by atoms with van der Waals surface area (Å²) in [6.45, 7) is 3.96. The van der Waals surface area contributed by atoms with Gasteiger partial charge in [0.25, 0.3) is 5.69 Å². The number of amides is 1. The van der Waals surface area contributed by atoms with Gasteiger partial charge in [0.05, 0.1) is 35.3 Å². The van der Waals surface area contributed by atoms with Crippen molar-refractivity contribution in [3.8, 4) is 0 Å². The molecule has 1 aromatic rings. The Balaban J connectivity index is 1.69. The molecule has 0 spiro atoms. The molecule has 2 fully saturated rings. The Bertz CT molecular complexity index is 779. The van der Waals surface area contributed by atoms with Gasteiger partial charge in [-0.15, -0.1) is 0 Å². The van der Waals surface area contributed by atoms with Gasteiger partial charge in [-0.05, 0) is 6.07 Å². The summed E-state index contributed by atoms with van der Waals surface area (Å²) in [6.07, 6.45) is -4.79. The van der Waals surface area contributed by atoms with Crippen molar-refractivity contribution >= 4 is 28.9 Å². The van der Waals surface area contributed by atoms with Crippen molar-refractivity contribution in [3.05, 3.63) is 32.8 Å². The number of nitro groups is 1. The molecule has 0 atom stereocenters. The Morgan fingerprint density at radius 2 is 1.76 bits per heavy atom. The van der Waals surface area contributed by atoms with Crippen molar-refractivity contribution in [1.29, 1.82) is 0 Å². The molecule has 1 aromatic carbocycles. The molecular weight excluding hydrogens is 417 g/mol. The zero-order chi connectivity index (χ0) is 21.2. The lowest BCUT2D eigenvalue weighted by molar-refractivity contribution is -0.384. The SMILES string of the molecule is O=C(CN1CCOCC1)N1CCN(c2cc(Cl)c(C(F)(F)F)cc2[N+](=O)[O-])CC1.